The van der Waals surface area contributed by atoms with Gasteiger partial charge in [0.1, 0.15) is 5.75 Å². The van der Waals surface area contributed by atoms with E-state index in [1.54, 1.807) is 0 Å². The van der Waals surface area contributed by atoms with E-state index < -0.39 is 0 Å². The molecule has 0 bridgehead atoms. The van der Waals surface area contributed by atoms with E-state index in [0.29, 0.717) is 12.5 Å². The van der Waals surface area contributed by atoms with Gasteiger partial charge in [0.15, 0.2) is 0 Å². The summed E-state index contributed by atoms with van der Waals surface area (Å²) in [7, 11) is 0. The molecular weight excluding hydrogens is 274 g/mol. The molecule has 1 saturated carbocycles. The number of hydrogen-bond donors (Lipinski definition) is 1. The first-order valence-electron chi connectivity index (χ1n) is 7.35. The van der Waals surface area contributed by atoms with Gasteiger partial charge in [0.25, 0.3) is 0 Å². The Bertz CT molecular complexity index is 503. The molecule has 0 aromatic heterocycles. The van der Waals surface area contributed by atoms with Gasteiger partial charge >= 0.3 is 0 Å². The van der Waals surface area contributed by atoms with Gasteiger partial charge in [-0.15, -0.1) is 12.4 Å². The summed E-state index contributed by atoms with van der Waals surface area (Å²) in [6.45, 7) is 5.74. The van der Waals surface area contributed by atoms with Crippen molar-refractivity contribution in [1.82, 2.24) is 5.32 Å². The molecule has 1 aromatic carbocycles. The lowest BCUT2D eigenvalue weighted by molar-refractivity contribution is -0.0527. The van der Waals surface area contributed by atoms with E-state index in [1.165, 1.54) is 24.0 Å². The quantitative estimate of drug-likeness (QED) is 0.930. The van der Waals surface area contributed by atoms with Crippen molar-refractivity contribution >= 4 is 12.4 Å². The predicted octanol–water partition coefficient (Wildman–Crippen LogP) is 2.87. The van der Waals surface area contributed by atoms with Crippen molar-refractivity contribution < 1.29 is 9.47 Å². The molecule has 1 N–H and O–H groups in total. The van der Waals surface area contributed by atoms with Crippen LogP contribution in [0.1, 0.15) is 36.8 Å². The Labute approximate surface area is 126 Å². The molecule has 2 atom stereocenters. The minimum absolute atomic E-state index is 0. The number of rotatable bonds is 3. The zero-order valence-corrected chi connectivity index (χ0v) is 12.7. The predicted molar refractivity (Wildman–Crippen MR) is 80.7 cm³/mol. The van der Waals surface area contributed by atoms with Gasteiger partial charge in [-0.25, -0.2) is 0 Å². The van der Waals surface area contributed by atoms with Gasteiger partial charge in [0.05, 0.1) is 18.8 Å². The summed E-state index contributed by atoms with van der Waals surface area (Å²) >= 11 is 0. The van der Waals surface area contributed by atoms with Gasteiger partial charge in [-0.05, 0) is 37.3 Å². The lowest BCUT2D eigenvalue weighted by Gasteiger charge is -2.37. The Hall–Kier alpha value is -0.770. The molecule has 110 valence electrons. The Kier molecular flexibility index (Phi) is 3.69. The van der Waals surface area contributed by atoms with Crippen molar-refractivity contribution in [2.75, 3.05) is 19.7 Å². The summed E-state index contributed by atoms with van der Waals surface area (Å²) in [5.74, 6) is 2.29. The van der Waals surface area contributed by atoms with Crippen molar-refractivity contribution in [3.05, 3.63) is 29.3 Å². The smallest absolute Gasteiger partial charge is 0.125 e. The molecule has 0 spiro atoms. The fourth-order valence-electron chi connectivity index (χ4n) is 3.32. The minimum Gasteiger partial charge on any atom is -0.493 e. The second-order valence-electron chi connectivity index (χ2n) is 6.36. The van der Waals surface area contributed by atoms with Crippen molar-refractivity contribution in [2.24, 2.45) is 5.92 Å². The zero-order valence-electron chi connectivity index (χ0n) is 11.9. The zero-order chi connectivity index (χ0) is 12.9. The fraction of sp³-hybridized carbons (Fsp3) is 0.625. The topological polar surface area (TPSA) is 30.5 Å². The molecule has 3 nitrogen and oxygen atoms in total. The van der Waals surface area contributed by atoms with Crippen molar-refractivity contribution in [3.8, 4) is 5.75 Å². The third-order valence-electron chi connectivity index (χ3n) is 4.82. The van der Waals surface area contributed by atoms with E-state index in [-0.39, 0.29) is 18.0 Å². The summed E-state index contributed by atoms with van der Waals surface area (Å²) in [5, 5.41) is 3.46. The molecule has 2 fully saturated rings. The highest BCUT2D eigenvalue weighted by Gasteiger charge is 2.45. The third-order valence-corrected chi connectivity index (χ3v) is 4.82. The summed E-state index contributed by atoms with van der Waals surface area (Å²) in [6, 6.07) is 6.47. The van der Waals surface area contributed by atoms with E-state index in [0.717, 1.165) is 31.4 Å². The Balaban J connectivity index is 0.00000121. The molecule has 0 amide bonds. The molecule has 2 heterocycles. The Morgan fingerprint density at radius 2 is 2.25 bits per heavy atom. The van der Waals surface area contributed by atoms with Crippen LogP contribution in [-0.4, -0.2) is 25.3 Å². The van der Waals surface area contributed by atoms with Gasteiger partial charge < -0.3 is 14.8 Å². The summed E-state index contributed by atoms with van der Waals surface area (Å²) in [6.07, 6.45) is 2.66. The maximum absolute atomic E-state index is 6.14. The highest BCUT2D eigenvalue weighted by Crippen LogP contribution is 2.44. The fourth-order valence-corrected chi connectivity index (χ4v) is 3.32. The van der Waals surface area contributed by atoms with Crippen molar-refractivity contribution in [3.63, 3.8) is 0 Å². The summed E-state index contributed by atoms with van der Waals surface area (Å²) in [5.41, 5.74) is 2.66. The first kappa shape index (κ1) is 14.2. The Morgan fingerprint density at radius 1 is 1.40 bits per heavy atom. The lowest BCUT2D eigenvalue weighted by atomic mass is 9.81. The third kappa shape index (κ3) is 2.32. The molecule has 1 aromatic rings. The van der Waals surface area contributed by atoms with E-state index in [9.17, 15) is 0 Å². The van der Waals surface area contributed by atoms with Crippen molar-refractivity contribution in [2.45, 2.75) is 37.9 Å². The second-order valence-corrected chi connectivity index (χ2v) is 6.36. The van der Waals surface area contributed by atoms with Crippen molar-refractivity contribution in [1.29, 1.82) is 0 Å². The molecule has 20 heavy (non-hydrogen) atoms. The van der Waals surface area contributed by atoms with Crippen LogP contribution < -0.4 is 10.1 Å². The SMILES string of the molecule is C[C@@]12CNC[C@@H]1c1cccc(OCC3CC3)c1CO2.Cl. The normalized spacial score (nSPS) is 31.1. The molecule has 3 aliphatic rings. The number of benzene rings is 1. The average Bonchev–Trinajstić information content (AvgIpc) is 3.16. The number of ether oxygens (including phenoxy) is 2. The highest BCUT2D eigenvalue weighted by atomic mass is 35.5. The number of halogens is 1. The molecule has 2 aliphatic heterocycles. The summed E-state index contributed by atoms with van der Waals surface area (Å²) < 4.78 is 12.1. The Morgan fingerprint density at radius 3 is 3.05 bits per heavy atom. The first-order valence-corrected chi connectivity index (χ1v) is 7.35. The van der Waals surface area contributed by atoms with Crippen LogP contribution in [0.3, 0.4) is 0 Å². The number of hydrogen-bond acceptors (Lipinski definition) is 3. The maximum atomic E-state index is 6.14. The van der Waals surface area contributed by atoms with Gasteiger partial charge in [-0.3, -0.25) is 0 Å². The molecule has 4 heteroatoms. The summed E-state index contributed by atoms with van der Waals surface area (Å²) in [4.78, 5) is 0. The van der Waals surface area contributed by atoms with E-state index >= 15 is 0 Å². The standard InChI is InChI=1S/C16H21NO2.ClH/c1-16-10-17-7-14(16)12-3-2-4-15(13(12)9-19-16)18-8-11-5-6-11;/h2-4,11,14,17H,5-10H2,1H3;1H/t14-,16-;/m1./s1. The first-order chi connectivity index (χ1) is 9.26. The van der Waals surface area contributed by atoms with Crippen LogP contribution in [0.25, 0.3) is 0 Å². The lowest BCUT2D eigenvalue weighted by Crippen LogP contribution is -2.39. The van der Waals surface area contributed by atoms with Crippen LogP contribution in [0.4, 0.5) is 0 Å². The molecule has 1 saturated heterocycles. The van der Waals surface area contributed by atoms with Gasteiger partial charge in [-0.2, -0.15) is 0 Å². The van der Waals surface area contributed by atoms with Crippen LogP contribution in [-0.2, 0) is 11.3 Å². The monoisotopic (exact) mass is 295 g/mol. The highest BCUT2D eigenvalue weighted by molar-refractivity contribution is 5.85. The van der Waals surface area contributed by atoms with Crippen LogP contribution in [0.15, 0.2) is 18.2 Å². The molecule has 1 aliphatic carbocycles. The number of fused-ring (bicyclic) bond motifs is 3. The van der Waals surface area contributed by atoms with E-state index in [2.05, 4.69) is 30.4 Å². The largest absolute Gasteiger partial charge is 0.493 e. The molecule has 0 radical (unpaired) electrons. The minimum atomic E-state index is -0.0396. The van der Waals surface area contributed by atoms with Crippen LogP contribution in [0.5, 0.6) is 5.75 Å². The second kappa shape index (κ2) is 5.21. The molecular formula is C16H22ClNO2. The van der Waals surface area contributed by atoms with E-state index in [1.807, 2.05) is 0 Å². The molecule has 4 rings (SSSR count). The van der Waals surface area contributed by atoms with Crippen LogP contribution >= 0.6 is 12.4 Å². The average molecular weight is 296 g/mol. The van der Waals surface area contributed by atoms with Crippen LogP contribution in [0.2, 0.25) is 0 Å². The van der Waals surface area contributed by atoms with Gasteiger partial charge in [0.2, 0.25) is 0 Å². The van der Waals surface area contributed by atoms with E-state index in [4.69, 9.17) is 9.47 Å². The van der Waals surface area contributed by atoms with Gasteiger partial charge in [-0.1, -0.05) is 12.1 Å². The molecule has 0 unspecified atom stereocenters. The van der Waals surface area contributed by atoms with Crippen LogP contribution in [0, 0.1) is 5.92 Å². The number of nitrogens with one attached hydrogen (secondary N) is 1. The van der Waals surface area contributed by atoms with Gasteiger partial charge in [0, 0.05) is 24.6 Å². The maximum Gasteiger partial charge on any atom is 0.125 e.